The maximum atomic E-state index is 12.3. The first kappa shape index (κ1) is 17.6. The van der Waals surface area contributed by atoms with Crippen molar-refractivity contribution in [2.75, 3.05) is 19.8 Å². The van der Waals surface area contributed by atoms with Crippen molar-refractivity contribution in [2.45, 2.75) is 13.5 Å². The fraction of sp³-hybridized carbons (Fsp3) is 0.263. The average molecular weight is 356 g/mol. The van der Waals surface area contributed by atoms with Crippen molar-refractivity contribution in [1.82, 2.24) is 10.6 Å². The van der Waals surface area contributed by atoms with Crippen LogP contribution in [-0.4, -0.2) is 31.6 Å². The number of furan rings is 1. The highest BCUT2D eigenvalue weighted by atomic mass is 16.5. The van der Waals surface area contributed by atoms with Crippen LogP contribution in [0.25, 0.3) is 6.08 Å². The van der Waals surface area contributed by atoms with Gasteiger partial charge in [0.05, 0.1) is 31.5 Å². The highest BCUT2D eigenvalue weighted by Gasteiger charge is 2.20. The lowest BCUT2D eigenvalue weighted by Gasteiger charge is -2.20. The molecule has 7 heteroatoms. The first-order chi connectivity index (χ1) is 12.7. The molecule has 0 saturated heterocycles. The lowest BCUT2D eigenvalue weighted by atomic mass is 10.1. The standard InChI is InChI=1S/C19H20N2O5/c1-2-24-16-7-3-5-13-9-14(12-26-18(13)16)19(23)21-11-17(22)20-10-15-6-4-8-25-15/h3-9H,2,10-12H2,1H3,(H,20,22)(H,21,23). The molecule has 1 aliphatic rings. The van der Waals surface area contributed by atoms with E-state index in [2.05, 4.69) is 10.6 Å². The molecule has 3 rings (SSSR count). The molecule has 0 saturated carbocycles. The second-order valence-electron chi connectivity index (χ2n) is 5.60. The number of hydrogen-bond donors (Lipinski definition) is 2. The number of hydrogen-bond acceptors (Lipinski definition) is 5. The molecule has 2 amide bonds. The Bertz CT molecular complexity index is 811. The van der Waals surface area contributed by atoms with Gasteiger partial charge in [-0.1, -0.05) is 12.1 Å². The van der Waals surface area contributed by atoms with Gasteiger partial charge in [-0.05, 0) is 31.2 Å². The predicted octanol–water partition coefficient (Wildman–Crippen LogP) is 1.89. The van der Waals surface area contributed by atoms with Crippen LogP contribution in [0, 0.1) is 0 Å². The summed E-state index contributed by atoms with van der Waals surface area (Å²) in [5.41, 5.74) is 1.22. The van der Waals surface area contributed by atoms with E-state index in [0.717, 1.165) is 5.56 Å². The monoisotopic (exact) mass is 356 g/mol. The third-order valence-electron chi connectivity index (χ3n) is 3.75. The summed E-state index contributed by atoms with van der Waals surface area (Å²) < 4.78 is 16.3. The third kappa shape index (κ3) is 4.24. The van der Waals surface area contributed by atoms with Crippen molar-refractivity contribution in [2.24, 2.45) is 0 Å². The molecule has 2 aromatic rings. The van der Waals surface area contributed by atoms with Crippen LogP contribution in [0.4, 0.5) is 0 Å². The predicted molar refractivity (Wildman–Crippen MR) is 94.6 cm³/mol. The van der Waals surface area contributed by atoms with Crippen molar-refractivity contribution >= 4 is 17.9 Å². The Balaban J connectivity index is 1.55. The smallest absolute Gasteiger partial charge is 0.251 e. The van der Waals surface area contributed by atoms with Gasteiger partial charge in [-0.25, -0.2) is 0 Å². The number of carbonyl (C=O) groups excluding carboxylic acids is 2. The Morgan fingerprint density at radius 3 is 2.85 bits per heavy atom. The Hall–Kier alpha value is -3.22. The van der Waals surface area contributed by atoms with Gasteiger partial charge in [0, 0.05) is 5.56 Å². The molecule has 0 bridgehead atoms. The van der Waals surface area contributed by atoms with E-state index in [1.165, 1.54) is 6.26 Å². The van der Waals surface area contributed by atoms with E-state index < -0.39 is 0 Å². The van der Waals surface area contributed by atoms with Crippen LogP contribution in [0.1, 0.15) is 18.2 Å². The van der Waals surface area contributed by atoms with E-state index in [4.69, 9.17) is 13.9 Å². The second-order valence-corrected chi connectivity index (χ2v) is 5.60. The number of fused-ring (bicyclic) bond motifs is 1. The number of rotatable bonds is 7. The fourth-order valence-electron chi connectivity index (χ4n) is 2.52. The number of para-hydroxylation sites is 1. The second kappa shape index (κ2) is 8.24. The molecule has 26 heavy (non-hydrogen) atoms. The molecule has 2 N–H and O–H groups in total. The zero-order valence-electron chi connectivity index (χ0n) is 14.4. The van der Waals surface area contributed by atoms with Crippen molar-refractivity contribution < 1.29 is 23.5 Å². The largest absolute Gasteiger partial charge is 0.490 e. The molecule has 0 unspecified atom stereocenters. The summed E-state index contributed by atoms with van der Waals surface area (Å²) in [7, 11) is 0. The minimum Gasteiger partial charge on any atom is -0.490 e. The van der Waals surface area contributed by atoms with Crippen molar-refractivity contribution in [3.63, 3.8) is 0 Å². The van der Waals surface area contributed by atoms with E-state index in [1.807, 2.05) is 25.1 Å². The van der Waals surface area contributed by atoms with E-state index in [0.29, 0.717) is 29.4 Å². The zero-order valence-corrected chi connectivity index (χ0v) is 14.4. The van der Waals surface area contributed by atoms with Gasteiger partial charge in [0.2, 0.25) is 5.91 Å². The molecule has 1 aliphatic heterocycles. The molecule has 0 fully saturated rings. The molecule has 2 heterocycles. The normalized spacial score (nSPS) is 12.4. The Morgan fingerprint density at radius 1 is 1.19 bits per heavy atom. The van der Waals surface area contributed by atoms with Crippen LogP contribution in [0.2, 0.25) is 0 Å². The van der Waals surface area contributed by atoms with Gasteiger partial charge in [-0.3, -0.25) is 9.59 Å². The summed E-state index contributed by atoms with van der Waals surface area (Å²) in [5, 5.41) is 5.26. The molecule has 136 valence electrons. The van der Waals surface area contributed by atoms with Gasteiger partial charge >= 0.3 is 0 Å². The number of amides is 2. The molecular weight excluding hydrogens is 336 g/mol. The van der Waals surface area contributed by atoms with Crippen LogP contribution < -0.4 is 20.1 Å². The molecule has 7 nitrogen and oxygen atoms in total. The lowest BCUT2D eigenvalue weighted by Crippen LogP contribution is -2.38. The molecule has 0 aliphatic carbocycles. The summed E-state index contributed by atoms with van der Waals surface area (Å²) in [6.07, 6.45) is 3.28. The van der Waals surface area contributed by atoms with Gasteiger partial charge in [-0.15, -0.1) is 0 Å². The summed E-state index contributed by atoms with van der Waals surface area (Å²) >= 11 is 0. The summed E-state index contributed by atoms with van der Waals surface area (Å²) in [4.78, 5) is 24.1. The van der Waals surface area contributed by atoms with E-state index in [-0.39, 0.29) is 31.5 Å². The maximum Gasteiger partial charge on any atom is 0.251 e. The minimum absolute atomic E-state index is 0.122. The van der Waals surface area contributed by atoms with Gasteiger partial charge in [0.25, 0.3) is 5.91 Å². The first-order valence-electron chi connectivity index (χ1n) is 8.34. The number of carbonyl (C=O) groups is 2. The molecule has 1 aromatic carbocycles. The number of ether oxygens (including phenoxy) is 2. The van der Waals surface area contributed by atoms with Crippen molar-refractivity contribution in [1.29, 1.82) is 0 Å². The van der Waals surface area contributed by atoms with E-state index in [9.17, 15) is 9.59 Å². The third-order valence-corrected chi connectivity index (χ3v) is 3.75. The molecule has 0 atom stereocenters. The highest BCUT2D eigenvalue weighted by Crippen LogP contribution is 2.35. The SMILES string of the molecule is CCOc1cccc2c1OCC(C(=O)NCC(=O)NCc1ccco1)=C2. The van der Waals surface area contributed by atoms with E-state index >= 15 is 0 Å². The van der Waals surface area contributed by atoms with Gasteiger partial charge < -0.3 is 24.5 Å². The van der Waals surface area contributed by atoms with Crippen molar-refractivity contribution in [3.05, 3.63) is 53.5 Å². The Kier molecular flexibility index (Phi) is 5.58. The lowest BCUT2D eigenvalue weighted by molar-refractivity contribution is -0.124. The van der Waals surface area contributed by atoms with Gasteiger partial charge in [0.1, 0.15) is 12.4 Å². The molecule has 0 radical (unpaired) electrons. The first-order valence-corrected chi connectivity index (χ1v) is 8.34. The van der Waals surface area contributed by atoms with Crippen LogP contribution in [0.15, 0.2) is 46.6 Å². The van der Waals surface area contributed by atoms with Crippen LogP contribution in [-0.2, 0) is 16.1 Å². The highest BCUT2D eigenvalue weighted by molar-refractivity contribution is 6.00. The number of benzene rings is 1. The Morgan fingerprint density at radius 2 is 2.08 bits per heavy atom. The topological polar surface area (TPSA) is 89.8 Å². The summed E-state index contributed by atoms with van der Waals surface area (Å²) in [6.45, 7) is 2.71. The van der Waals surface area contributed by atoms with Crippen LogP contribution in [0.3, 0.4) is 0 Å². The molecule has 0 spiro atoms. The number of nitrogens with one attached hydrogen (secondary N) is 2. The maximum absolute atomic E-state index is 12.3. The minimum atomic E-state index is -0.342. The Labute approximate surface area is 151 Å². The van der Waals surface area contributed by atoms with Gasteiger partial charge in [-0.2, -0.15) is 0 Å². The van der Waals surface area contributed by atoms with Crippen molar-refractivity contribution in [3.8, 4) is 11.5 Å². The molecule has 1 aromatic heterocycles. The van der Waals surface area contributed by atoms with Crippen LogP contribution >= 0.6 is 0 Å². The summed E-state index contributed by atoms with van der Waals surface area (Å²) in [6, 6.07) is 9.02. The zero-order chi connectivity index (χ0) is 18.4. The van der Waals surface area contributed by atoms with E-state index in [1.54, 1.807) is 18.2 Å². The quantitative estimate of drug-likeness (QED) is 0.791. The summed E-state index contributed by atoms with van der Waals surface area (Å²) in [5.74, 6) is 1.28. The van der Waals surface area contributed by atoms with Gasteiger partial charge in [0.15, 0.2) is 11.5 Å². The molecular formula is C19H20N2O5. The fourth-order valence-corrected chi connectivity index (χ4v) is 2.52. The average Bonchev–Trinajstić information content (AvgIpc) is 3.18. The van der Waals surface area contributed by atoms with Crippen LogP contribution in [0.5, 0.6) is 11.5 Å².